The lowest BCUT2D eigenvalue weighted by Crippen LogP contribution is -2.37. The number of halogens is 1. The molecule has 0 aliphatic heterocycles. The number of nitrogens with one attached hydrogen (secondary N) is 2. The normalized spacial score (nSPS) is 12.2. The first-order chi connectivity index (χ1) is 9.06. The molecule has 0 radical (unpaired) electrons. The van der Waals surface area contributed by atoms with E-state index in [1.807, 2.05) is 25.4 Å². The van der Waals surface area contributed by atoms with Crippen LogP contribution in [0.5, 0.6) is 0 Å². The van der Waals surface area contributed by atoms with Crippen molar-refractivity contribution in [2.24, 2.45) is 7.05 Å². The maximum absolute atomic E-state index is 11.8. The van der Waals surface area contributed by atoms with E-state index in [0.29, 0.717) is 12.4 Å². The molecular weight excluding hydrogens is 330 g/mol. The molecule has 0 saturated heterocycles. The average molecular weight is 344 g/mol. The first-order valence-electron chi connectivity index (χ1n) is 5.67. The summed E-state index contributed by atoms with van der Waals surface area (Å²) in [5.74, 6) is 0.717. The molecule has 0 fully saturated rings. The number of aromatic nitrogens is 3. The van der Waals surface area contributed by atoms with Gasteiger partial charge in [-0.1, -0.05) is 0 Å². The topological polar surface area (TPSA) is 71.8 Å². The molecule has 0 aliphatic carbocycles. The van der Waals surface area contributed by atoms with Crippen LogP contribution in [-0.4, -0.2) is 20.8 Å². The first-order valence-corrected chi connectivity index (χ1v) is 7.34. The van der Waals surface area contributed by atoms with Crippen LogP contribution in [-0.2, 0) is 13.6 Å². The predicted molar refractivity (Wildman–Crippen MR) is 76.8 cm³/mol. The van der Waals surface area contributed by atoms with Crippen molar-refractivity contribution in [3.05, 3.63) is 32.9 Å². The van der Waals surface area contributed by atoms with E-state index in [1.54, 1.807) is 22.2 Å². The van der Waals surface area contributed by atoms with Gasteiger partial charge in [-0.25, -0.2) is 4.79 Å². The van der Waals surface area contributed by atoms with E-state index in [4.69, 9.17) is 0 Å². The summed E-state index contributed by atoms with van der Waals surface area (Å²) in [6.45, 7) is 2.37. The van der Waals surface area contributed by atoms with E-state index in [2.05, 4.69) is 36.8 Å². The lowest BCUT2D eigenvalue weighted by Gasteiger charge is -2.13. The Balaban J connectivity index is 1.83. The van der Waals surface area contributed by atoms with Crippen LogP contribution in [0.4, 0.5) is 4.79 Å². The fraction of sp³-hybridized carbons (Fsp3) is 0.364. The van der Waals surface area contributed by atoms with Crippen LogP contribution >= 0.6 is 27.3 Å². The minimum absolute atomic E-state index is 0.192. The average Bonchev–Trinajstić information content (AvgIpc) is 2.95. The second-order valence-corrected chi connectivity index (χ2v) is 5.99. The van der Waals surface area contributed by atoms with Gasteiger partial charge in [0.2, 0.25) is 0 Å². The van der Waals surface area contributed by atoms with Crippen molar-refractivity contribution < 1.29 is 4.79 Å². The van der Waals surface area contributed by atoms with Gasteiger partial charge in [-0.05, 0) is 28.9 Å². The molecule has 0 aliphatic rings. The smallest absolute Gasteiger partial charge is 0.315 e. The number of rotatable bonds is 4. The van der Waals surface area contributed by atoms with Crippen molar-refractivity contribution in [3.8, 4) is 0 Å². The Morgan fingerprint density at radius 2 is 2.42 bits per heavy atom. The van der Waals surface area contributed by atoms with Crippen molar-refractivity contribution in [1.29, 1.82) is 0 Å². The van der Waals surface area contributed by atoms with Gasteiger partial charge in [-0.2, -0.15) is 0 Å². The van der Waals surface area contributed by atoms with Crippen molar-refractivity contribution >= 4 is 33.3 Å². The van der Waals surface area contributed by atoms with Crippen LogP contribution in [0.15, 0.2) is 22.2 Å². The second-order valence-electron chi connectivity index (χ2n) is 4.08. The number of nitrogens with zero attached hydrogens (tertiary/aromatic N) is 3. The third kappa shape index (κ3) is 3.77. The third-order valence-corrected chi connectivity index (χ3v) is 4.22. The van der Waals surface area contributed by atoms with Crippen LogP contribution in [0.2, 0.25) is 0 Å². The number of aryl methyl sites for hydroxylation is 1. The Morgan fingerprint density at radius 3 is 3.00 bits per heavy atom. The van der Waals surface area contributed by atoms with E-state index < -0.39 is 0 Å². The van der Waals surface area contributed by atoms with Crippen molar-refractivity contribution in [1.82, 2.24) is 25.4 Å². The highest BCUT2D eigenvalue weighted by atomic mass is 79.9. The van der Waals surface area contributed by atoms with Gasteiger partial charge in [0.05, 0.1) is 12.6 Å². The number of amides is 2. The van der Waals surface area contributed by atoms with Crippen molar-refractivity contribution in [2.75, 3.05) is 0 Å². The van der Waals surface area contributed by atoms with Gasteiger partial charge in [-0.15, -0.1) is 21.5 Å². The molecule has 0 saturated carbocycles. The molecule has 2 rings (SSSR count). The minimum Gasteiger partial charge on any atom is -0.333 e. The zero-order chi connectivity index (χ0) is 13.8. The Labute approximate surface area is 123 Å². The summed E-state index contributed by atoms with van der Waals surface area (Å²) in [6, 6.07) is 1.57. The van der Waals surface area contributed by atoms with Gasteiger partial charge in [-0.3, -0.25) is 0 Å². The summed E-state index contributed by atoms with van der Waals surface area (Å²) in [6.07, 6.45) is 1.61. The van der Waals surface area contributed by atoms with Gasteiger partial charge in [0.25, 0.3) is 0 Å². The van der Waals surface area contributed by atoms with Gasteiger partial charge in [0, 0.05) is 21.8 Å². The van der Waals surface area contributed by atoms with E-state index in [0.717, 1.165) is 9.35 Å². The van der Waals surface area contributed by atoms with Crippen LogP contribution in [0.25, 0.3) is 0 Å². The lowest BCUT2D eigenvalue weighted by molar-refractivity contribution is 0.237. The number of carbonyl (C=O) groups is 1. The number of urea groups is 1. The third-order valence-electron chi connectivity index (χ3n) is 2.53. The largest absolute Gasteiger partial charge is 0.333 e. The SMILES string of the molecule is C[C@H](NC(=O)NCc1cc(Br)cs1)c1nncn1C. The van der Waals surface area contributed by atoms with Crippen LogP contribution in [0.3, 0.4) is 0 Å². The highest BCUT2D eigenvalue weighted by molar-refractivity contribution is 9.10. The summed E-state index contributed by atoms with van der Waals surface area (Å²) < 4.78 is 2.81. The molecule has 0 spiro atoms. The molecule has 2 heterocycles. The fourth-order valence-corrected chi connectivity index (χ4v) is 3.00. The quantitative estimate of drug-likeness (QED) is 0.893. The molecule has 1 atom stereocenters. The summed E-state index contributed by atoms with van der Waals surface area (Å²) in [5.41, 5.74) is 0. The van der Waals surface area contributed by atoms with E-state index in [-0.39, 0.29) is 12.1 Å². The molecular formula is C11H14BrN5OS. The van der Waals surface area contributed by atoms with Gasteiger partial charge < -0.3 is 15.2 Å². The molecule has 2 amide bonds. The Bertz CT molecular complexity index is 567. The molecule has 8 heteroatoms. The van der Waals surface area contributed by atoms with E-state index in [1.165, 1.54) is 0 Å². The van der Waals surface area contributed by atoms with Gasteiger partial charge >= 0.3 is 6.03 Å². The lowest BCUT2D eigenvalue weighted by atomic mass is 10.3. The van der Waals surface area contributed by atoms with Gasteiger partial charge in [0.15, 0.2) is 5.82 Å². The maximum atomic E-state index is 11.8. The van der Waals surface area contributed by atoms with Crippen molar-refractivity contribution in [2.45, 2.75) is 19.5 Å². The van der Waals surface area contributed by atoms with E-state index >= 15 is 0 Å². The predicted octanol–water partition coefficient (Wildman–Crippen LogP) is 2.20. The summed E-state index contributed by atoms with van der Waals surface area (Å²) in [7, 11) is 1.84. The standard InChI is InChI=1S/C11H14BrN5OS/c1-7(10-16-14-6-17(10)2)15-11(18)13-4-9-3-8(12)5-19-9/h3,5-7H,4H2,1-2H3,(H2,13,15,18)/t7-/m0/s1. The number of hydrogen-bond donors (Lipinski definition) is 2. The number of hydrogen-bond acceptors (Lipinski definition) is 4. The monoisotopic (exact) mass is 343 g/mol. The van der Waals surface area contributed by atoms with Gasteiger partial charge in [0.1, 0.15) is 6.33 Å². The molecule has 0 unspecified atom stereocenters. The second kappa shape index (κ2) is 6.16. The molecule has 6 nitrogen and oxygen atoms in total. The molecule has 0 aromatic carbocycles. The molecule has 2 aromatic heterocycles. The van der Waals surface area contributed by atoms with Crippen LogP contribution < -0.4 is 10.6 Å². The fourth-order valence-electron chi connectivity index (χ4n) is 1.61. The molecule has 0 bridgehead atoms. The highest BCUT2D eigenvalue weighted by Gasteiger charge is 2.13. The molecule has 102 valence electrons. The zero-order valence-corrected chi connectivity index (χ0v) is 13.0. The first kappa shape index (κ1) is 14.0. The summed E-state index contributed by atoms with van der Waals surface area (Å²) in [4.78, 5) is 12.8. The number of thiophene rings is 1. The Hall–Kier alpha value is -1.41. The van der Waals surface area contributed by atoms with Crippen LogP contribution in [0, 0.1) is 0 Å². The number of carbonyl (C=O) groups excluding carboxylic acids is 1. The molecule has 2 N–H and O–H groups in total. The van der Waals surface area contributed by atoms with Crippen molar-refractivity contribution in [3.63, 3.8) is 0 Å². The maximum Gasteiger partial charge on any atom is 0.315 e. The minimum atomic E-state index is -0.222. The Kier molecular flexibility index (Phi) is 4.54. The highest BCUT2D eigenvalue weighted by Crippen LogP contribution is 2.19. The molecule has 2 aromatic rings. The van der Waals surface area contributed by atoms with E-state index in [9.17, 15) is 4.79 Å². The molecule has 19 heavy (non-hydrogen) atoms. The zero-order valence-electron chi connectivity index (χ0n) is 10.6. The Morgan fingerprint density at radius 1 is 1.63 bits per heavy atom. The van der Waals surface area contributed by atoms with Crippen LogP contribution in [0.1, 0.15) is 23.7 Å². The summed E-state index contributed by atoms with van der Waals surface area (Å²) >= 11 is 4.97. The summed E-state index contributed by atoms with van der Waals surface area (Å²) in [5, 5.41) is 15.4.